The number of nitrogens with zero attached hydrogens (tertiary/aromatic N) is 3. The zero-order chi connectivity index (χ0) is 16.4. The van der Waals surface area contributed by atoms with Crippen LogP contribution < -0.4 is 5.32 Å². The van der Waals surface area contributed by atoms with Gasteiger partial charge in [0.2, 0.25) is 0 Å². The number of nitrogens with one attached hydrogen (secondary N) is 1. The molecule has 2 heterocycles. The number of nitro groups is 1. The van der Waals surface area contributed by atoms with Crippen LogP contribution in [0.15, 0.2) is 18.2 Å². The van der Waals surface area contributed by atoms with Crippen molar-refractivity contribution in [2.24, 2.45) is 0 Å². The Labute approximate surface area is 135 Å². The van der Waals surface area contributed by atoms with E-state index in [0.29, 0.717) is 30.3 Å². The van der Waals surface area contributed by atoms with Gasteiger partial charge in [-0.05, 0) is 26.0 Å². The van der Waals surface area contributed by atoms with Gasteiger partial charge in [-0.15, -0.1) is 0 Å². The lowest BCUT2D eigenvalue weighted by Crippen LogP contribution is -2.52. The number of piperazine rings is 1. The predicted octanol–water partition coefficient (Wildman–Crippen LogP) is 1.02. The topological polar surface area (TPSA) is 78.7 Å². The summed E-state index contributed by atoms with van der Waals surface area (Å²) in [5, 5.41) is 14.4. The molecule has 1 unspecified atom stereocenters. The summed E-state index contributed by atoms with van der Waals surface area (Å²) >= 11 is 0. The first-order valence-corrected chi connectivity index (χ1v) is 8.06. The first-order chi connectivity index (χ1) is 11.1. The molecule has 1 atom stereocenters. The van der Waals surface area contributed by atoms with Gasteiger partial charge in [0.1, 0.15) is 0 Å². The van der Waals surface area contributed by atoms with Crippen molar-refractivity contribution in [2.75, 3.05) is 39.3 Å². The van der Waals surface area contributed by atoms with Gasteiger partial charge in [0.15, 0.2) is 0 Å². The molecule has 7 nitrogen and oxygen atoms in total. The van der Waals surface area contributed by atoms with E-state index in [9.17, 15) is 14.9 Å². The fraction of sp³-hybridized carbons (Fsp3) is 0.562. The van der Waals surface area contributed by atoms with E-state index in [1.807, 2.05) is 4.90 Å². The maximum atomic E-state index is 12.7. The van der Waals surface area contributed by atoms with Crippen LogP contribution in [0.5, 0.6) is 0 Å². The predicted molar refractivity (Wildman–Crippen MR) is 86.6 cm³/mol. The first-order valence-electron chi connectivity index (χ1n) is 8.06. The molecule has 0 aromatic heterocycles. The van der Waals surface area contributed by atoms with Gasteiger partial charge < -0.3 is 10.2 Å². The quantitative estimate of drug-likeness (QED) is 0.665. The number of rotatable bonds is 3. The van der Waals surface area contributed by atoms with Gasteiger partial charge in [0.05, 0.1) is 4.92 Å². The van der Waals surface area contributed by atoms with Crippen LogP contribution in [0, 0.1) is 17.0 Å². The van der Waals surface area contributed by atoms with E-state index in [1.165, 1.54) is 6.07 Å². The molecule has 1 aromatic carbocycles. The number of amides is 1. The third-order valence-corrected chi connectivity index (χ3v) is 4.88. The lowest BCUT2D eigenvalue weighted by atomic mass is 10.0. The van der Waals surface area contributed by atoms with Crippen molar-refractivity contribution in [3.63, 3.8) is 0 Å². The minimum atomic E-state index is -0.433. The number of carbonyl (C=O) groups is 1. The number of hydrogen-bond donors (Lipinski definition) is 1. The summed E-state index contributed by atoms with van der Waals surface area (Å²) in [7, 11) is 0. The summed E-state index contributed by atoms with van der Waals surface area (Å²) in [6.07, 6.45) is 1.16. The lowest BCUT2D eigenvalue weighted by Gasteiger charge is -2.38. The van der Waals surface area contributed by atoms with Crippen molar-refractivity contribution < 1.29 is 9.72 Å². The van der Waals surface area contributed by atoms with E-state index >= 15 is 0 Å². The number of hydrogen-bond acceptors (Lipinski definition) is 5. The van der Waals surface area contributed by atoms with Crippen LogP contribution in [-0.2, 0) is 0 Å². The summed E-state index contributed by atoms with van der Waals surface area (Å²) in [5.41, 5.74) is 0.895. The minimum Gasteiger partial charge on any atom is -0.336 e. The van der Waals surface area contributed by atoms with E-state index < -0.39 is 4.92 Å². The lowest BCUT2D eigenvalue weighted by molar-refractivity contribution is -0.385. The Morgan fingerprint density at radius 1 is 1.30 bits per heavy atom. The zero-order valence-corrected chi connectivity index (χ0v) is 13.3. The Morgan fingerprint density at radius 3 is 2.65 bits per heavy atom. The molecule has 1 aromatic rings. The highest BCUT2D eigenvalue weighted by atomic mass is 16.6. The van der Waals surface area contributed by atoms with Crippen LogP contribution in [-0.4, -0.2) is 65.9 Å². The second kappa shape index (κ2) is 6.64. The number of carbonyl (C=O) groups excluding carboxylic acids is 1. The Bertz CT molecular complexity index is 605. The number of benzene rings is 1. The molecule has 0 spiro atoms. The molecule has 2 aliphatic rings. The first kappa shape index (κ1) is 15.9. The van der Waals surface area contributed by atoms with E-state index in [4.69, 9.17) is 0 Å². The summed E-state index contributed by atoms with van der Waals surface area (Å²) in [6.45, 7) is 6.83. The van der Waals surface area contributed by atoms with Gasteiger partial charge in [-0.1, -0.05) is 6.07 Å². The van der Waals surface area contributed by atoms with E-state index in [-0.39, 0.29) is 11.6 Å². The molecule has 0 aliphatic carbocycles. The second-order valence-electron chi connectivity index (χ2n) is 6.18. The van der Waals surface area contributed by atoms with Crippen LogP contribution in [0.25, 0.3) is 0 Å². The number of nitro benzene ring substituents is 1. The summed E-state index contributed by atoms with van der Waals surface area (Å²) in [6, 6.07) is 5.28. The van der Waals surface area contributed by atoms with Crippen LogP contribution in [0.3, 0.4) is 0 Å². The van der Waals surface area contributed by atoms with Gasteiger partial charge in [-0.2, -0.15) is 0 Å². The van der Waals surface area contributed by atoms with E-state index in [2.05, 4.69) is 10.2 Å². The molecule has 7 heteroatoms. The van der Waals surface area contributed by atoms with Crippen molar-refractivity contribution in [2.45, 2.75) is 19.4 Å². The highest BCUT2D eigenvalue weighted by molar-refractivity contribution is 5.96. The molecule has 23 heavy (non-hydrogen) atoms. The van der Waals surface area contributed by atoms with Crippen LogP contribution >= 0.6 is 0 Å². The van der Waals surface area contributed by atoms with Crippen LogP contribution in [0.4, 0.5) is 5.69 Å². The van der Waals surface area contributed by atoms with Crippen LogP contribution in [0.1, 0.15) is 22.3 Å². The fourth-order valence-corrected chi connectivity index (χ4v) is 3.46. The summed E-state index contributed by atoms with van der Waals surface area (Å²) in [4.78, 5) is 27.5. The molecule has 124 valence electrons. The molecular weight excluding hydrogens is 296 g/mol. The van der Waals surface area contributed by atoms with Gasteiger partial charge in [0.25, 0.3) is 11.6 Å². The molecule has 2 aliphatic heterocycles. The molecule has 0 radical (unpaired) electrons. The van der Waals surface area contributed by atoms with Crippen molar-refractivity contribution in [1.29, 1.82) is 0 Å². The van der Waals surface area contributed by atoms with Gasteiger partial charge in [0, 0.05) is 56.0 Å². The average Bonchev–Trinajstić information content (AvgIpc) is 3.09. The third-order valence-electron chi connectivity index (χ3n) is 4.88. The average molecular weight is 318 g/mol. The Kier molecular flexibility index (Phi) is 4.58. The maximum absolute atomic E-state index is 12.7. The standard InChI is InChI=1S/C16H22N4O3/c1-12-14(3-2-4-15(12)20(22)23)16(21)19-9-7-18(8-10-19)13-5-6-17-11-13/h2-4,13,17H,5-11H2,1H3. The molecular formula is C16H22N4O3. The SMILES string of the molecule is Cc1c(C(=O)N2CCN(C3CCNC3)CC2)cccc1[N+](=O)[O-]. The maximum Gasteiger partial charge on any atom is 0.273 e. The fourth-order valence-electron chi connectivity index (χ4n) is 3.46. The van der Waals surface area contributed by atoms with Crippen molar-refractivity contribution >= 4 is 11.6 Å². The Hall–Kier alpha value is -1.99. The van der Waals surface area contributed by atoms with E-state index in [0.717, 1.165) is 32.6 Å². The normalized spacial score (nSPS) is 22.3. The zero-order valence-electron chi connectivity index (χ0n) is 13.3. The summed E-state index contributed by atoms with van der Waals surface area (Å²) in [5.74, 6) is -0.101. The highest BCUT2D eigenvalue weighted by Crippen LogP contribution is 2.23. The largest absolute Gasteiger partial charge is 0.336 e. The Balaban J connectivity index is 1.68. The van der Waals surface area contributed by atoms with Crippen molar-refractivity contribution in [3.05, 3.63) is 39.4 Å². The van der Waals surface area contributed by atoms with Crippen LogP contribution in [0.2, 0.25) is 0 Å². The third kappa shape index (κ3) is 3.20. The van der Waals surface area contributed by atoms with Gasteiger partial charge >= 0.3 is 0 Å². The second-order valence-corrected chi connectivity index (χ2v) is 6.18. The molecule has 2 fully saturated rings. The minimum absolute atomic E-state index is 0.00603. The molecule has 2 saturated heterocycles. The van der Waals surface area contributed by atoms with Gasteiger partial charge in [-0.3, -0.25) is 19.8 Å². The van der Waals surface area contributed by atoms with Crippen molar-refractivity contribution in [1.82, 2.24) is 15.1 Å². The summed E-state index contributed by atoms with van der Waals surface area (Å²) < 4.78 is 0. The highest BCUT2D eigenvalue weighted by Gasteiger charge is 2.29. The molecule has 3 rings (SSSR count). The molecule has 1 amide bonds. The smallest absolute Gasteiger partial charge is 0.273 e. The molecule has 1 N–H and O–H groups in total. The van der Waals surface area contributed by atoms with Gasteiger partial charge in [-0.25, -0.2) is 0 Å². The Morgan fingerprint density at radius 2 is 2.04 bits per heavy atom. The van der Waals surface area contributed by atoms with Crippen molar-refractivity contribution in [3.8, 4) is 0 Å². The molecule has 0 saturated carbocycles. The monoisotopic (exact) mass is 318 g/mol. The van der Waals surface area contributed by atoms with E-state index in [1.54, 1.807) is 19.1 Å². The molecule has 0 bridgehead atoms.